The minimum atomic E-state index is -0.0415. The predicted octanol–water partition coefficient (Wildman–Crippen LogP) is 1.27. The highest BCUT2D eigenvalue weighted by Crippen LogP contribution is 2.25. The molecule has 0 saturated carbocycles. The lowest BCUT2D eigenvalue weighted by atomic mass is 10.00. The van der Waals surface area contributed by atoms with E-state index in [9.17, 15) is 4.79 Å². The van der Waals surface area contributed by atoms with E-state index in [1.807, 2.05) is 37.6 Å². The summed E-state index contributed by atoms with van der Waals surface area (Å²) in [6, 6.07) is 8.22. The minimum absolute atomic E-state index is 0.0415. The molecule has 1 amide bonds. The number of benzene rings is 1. The first-order valence-electron chi connectivity index (χ1n) is 8.29. The third-order valence-electron chi connectivity index (χ3n) is 4.78. The van der Waals surface area contributed by atoms with Crippen LogP contribution < -0.4 is 5.32 Å². The van der Waals surface area contributed by atoms with Crippen LogP contribution in [0.3, 0.4) is 0 Å². The summed E-state index contributed by atoms with van der Waals surface area (Å²) < 4.78 is 2.07. The molecule has 128 valence electrons. The van der Waals surface area contributed by atoms with E-state index in [0.29, 0.717) is 5.56 Å². The van der Waals surface area contributed by atoms with Crippen molar-refractivity contribution in [3.63, 3.8) is 0 Å². The summed E-state index contributed by atoms with van der Waals surface area (Å²) in [7, 11) is 5.84. The zero-order valence-corrected chi connectivity index (χ0v) is 14.6. The Labute approximate surface area is 143 Å². The molecule has 0 aliphatic carbocycles. The van der Waals surface area contributed by atoms with Crippen molar-refractivity contribution in [3.8, 4) is 0 Å². The number of piperazine rings is 1. The van der Waals surface area contributed by atoms with Crippen LogP contribution in [0.4, 0.5) is 0 Å². The second-order valence-electron chi connectivity index (χ2n) is 6.39. The number of nitrogens with one attached hydrogen (secondary N) is 1. The molecule has 1 saturated heterocycles. The molecule has 1 fully saturated rings. The van der Waals surface area contributed by atoms with Crippen LogP contribution in [0.25, 0.3) is 0 Å². The fourth-order valence-corrected chi connectivity index (χ4v) is 3.21. The Balaban J connectivity index is 1.76. The number of hydrogen-bond acceptors (Lipinski definition) is 4. The highest BCUT2D eigenvalue weighted by Gasteiger charge is 2.26. The van der Waals surface area contributed by atoms with Crippen LogP contribution in [0, 0.1) is 0 Å². The van der Waals surface area contributed by atoms with Gasteiger partial charge in [0, 0.05) is 57.7 Å². The smallest absolute Gasteiger partial charge is 0.251 e. The molecule has 2 heterocycles. The van der Waals surface area contributed by atoms with Crippen molar-refractivity contribution < 1.29 is 4.79 Å². The highest BCUT2D eigenvalue weighted by atomic mass is 16.1. The van der Waals surface area contributed by atoms with Gasteiger partial charge < -0.3 is 9.88 Å². The standard InChI is InChI=1S/C18H25N5O/c1-19-18(24)15-6-4-5-14(11-15)16-12-23(10-9-21(16)2)13-17-20-7-8-22(17)3/h4-8,11,16H,9-10,12-13H2,1-3H3,(H,19,24)/t16-/m0/s1. The number of rotatable bonds is 4. The van der Waals surface area contributed by atoms with Crippen LogP contribution in [0.1, 0.15) is 27.8 Å². The van der Waals surface area contributed by atoms with Crippen molar-refractivity contribution in [2.75, 3.05) is 33.7 Å². The molecule has 1 aromatic carbocycles. The second-order valence-corrected chi connectivity index (χ2v) is 6.39. The summed E-state index contributed by atoms with van der Waals surface area (Å²) in [5.74, 6) is 1.04. The zero-order chi connectivity index (χ0) is 17.1. The number of aromatic nitrogens is 2. The number of hydrogen-bond donors (Lipinski definition) is 1. The van der Waals surface area contributed by atoms with Crippen LogP contribution in [0.5, 0.6) is 0 Å². The van der Waals surface area contributed by atoms with Gasteiger partial charge in [0.1, 0.15) is 5.82 Å². The van der Waals surface area contributed by atoms with Crippen LogP contribution in [0.2, 0.25) is 0 Å². The SMILES string of the molecule is CNC(=O)c1cccc([C@@H]2CN(Cc3nccn3C)CCN2C)c1. The number of amides is 1. The van der Waals surface area contributed by atoms with Gasteiger partial charge in [0.2, 0.25) is 0 Å². The Morgan fingerprint density at radius 2 is 2.17 bits per heavy atom. The first-order chi connectivity index (χ1) is 11.6. The number of nitrogens with zero attached hydrogens (tertiary/aromatic N) is 4. The van der Waals surface area contributed by atoms with E-state index in [1.165, 1.54) is 5.56 Å². The first kappa shape index (κ1) is 16.7. The number of imidazole rings is 1. The summed E-state index contributed by atoms with van der Waals surface area (Å²) in [6.45, 7) is 3.80. The largest absolute Gasteiger partial charge is 0.355 e. The van der Waals surface area contributed by atoms with Gasteiger partial charge in [0.15, 0.2) is 0 Å². The van der Waals surface area contributed by atoms with Crippen LogP contribution in [0.15, 0.2) is 36.7 Å². The van der Waals surface area contributed by atoms with Crippen LogP contribution in [-0.4, -0.2) is 59.0 Å². The molecular weight excluding hydrogens is 302 g/mol. The average Bonchev–Trinajstić information content (AvgIpc) is 3.00. The molecule has 6 nitrogen and oxygen atoms in total. The Kier molecular flexibility index (Phi) is 4.97. The lowest BCUT2D eigenvalue weighted by Crippen LogP contribution is -2.46. The highest BCUT2D eigenvalue weighted by molar-refractivity contribution is 5.94. The second kappa shape index (κ2) is 7.15. The molecule has 0 unspecified atom stereocenters. The van der Waals surface area contributed by atoms with E-state index in [-0.39, 0.29) is 11.9 Å². The van der Waals surface area contributed by atoms with Gasteiger partial charge in [-0.25, -0.2) is 4.98 Å². The van der Waals surface area contributed by atoms with Gasteiger partial charge >= 0.3 is 0 Å². The first-order valence-corrected chi connectivity index (χ1v) is 8.29. The Morgan fingerprint density at radius 3 is 2.88 bits per heavy atom. The molecule has 0 spiro atoms. The van der Waals surface area contributed by atoms with Gasteiger partial charge in [-0.2, -0.15) is 0 Å². The van der Waals surface area contributed by atoms with Gasteiger partial charge in [0.25, 0.3) is 5.91 Å². The molecule has 1 aromatic heterocycles. The van der Waals surface area contributed by atoms with Crippen LogP contribution >= 0.6 is 0 Å². The number of likely N-dealkylation sites (N-methyl/N-ethyl adjacent to an activating group) is 1. The molecule has 24 heavy (non-hydrogen) atoms. The molecule has 3 rings (SSSR count). The van der Waals surface area contributed by atoms with E-state index >= 15 is 0 Å². The number of aryl methyl sites for hydroxylation is 1. The summed E-state index contributed by atoms with van der Waals surface area (Å²) in [6.07, 6.45) is 3.82. The van der Waals surface area contributed by atoms with E-state index in [1.54, 1.807) is 7.05 Å². The molecule has 2 aromatic rings. The van der Waals surface area contributed by atoms with Crippen molar-refractivity contribution in [3.05, 3.63) is 53.6 Å². The summed E-state index contributed by atoms with van der Waals surface area (Å²) in [5, 5.41) is 2.69. The average molecular weight is 327 g/mol. The minimum Gasteiger partial charge on any atom is -0.355 e. The van der Waals surface area contributed by atoms with E-state index in [0.717, 1.165) is 32.0 Å². The van der Waals surface area contributed by atoms with E-state index in [2.05, 4.69) is 37.8 Å². The predicted molar refractivity (Wildman–Crippen MR) is 93.7 cm³/mol. The quantitative estimate of drug-likeness (QED) is 0.919. The van der Waals surface area contributed by atoms with Crippen molar-refractivity contribution in [1.29, 1.82) is 0 Å². The molecule has 1 aliphatic rings. The molecular formula is C18H25N5O. The third kappa shape index (κ3) is 3.49. The molecule has 6 heteroatoms. The van der Waals surface area contributed by atoms with Gasteiger partial charge in [-0.3, -0.25) is 14.6 Å². The van der Waals surface area contributed by atoms with E-state index in [4.69, 9.17) is 0 Å². The zero-order valence-electron chi connectivity index (χ0n) is 14.6. The molecule has 0 radical (unpaired) electrons. The Morgan fingerprint density at radius 1 is 1.33 bits per heavy atom. The fraction of sp³-hybridized carbons (Fsp3) is 0.444. The fourth-order valence-electron chi connectivity index (χ4n) is 3.21. The molecule has 1 aliphatic heterocycles. The van der Waals surface area contributed by atoms with Gasteiger partial charge in [0.05, 0.1) is 6.54 Å². The summed E-state index contributed by atoms with van der Waals surface area (Å²) in [4.78, 5) is 21.1. The topological polar surface area (TPSA) is 53.4 Å². The molecule has 1 atom stereocenters. The normalized spacial score (nSPS) is 19.4. The monoisotopic (exact) mass is 327 g/mol. The van der Waals surface area contributed by atoms with Crippen LogP contribution in [-0.2, 0) is 13.6 Å². The van der Waals surface area contributed by atoms with Gasteiger partial charge in [-0.1, -0.05) is 12.1 Å². The molecule has 0 bridgehead atoms. The maximum absolute atomic E-state index is 11.9. The summed E-state index contributed by atoms with van der Waals surface area (Å²) in [5.41, 5.74) is 1.90. The lowest BCUT2D eigenvalue weighted by Gasteiger charge is -2.39. The van der Waals surface area contributed by atoms with Gasteiger partial charge in [-0.05, 0) is 24.7 Å². The summed E-state index contributed by atoms with van der Waals surface area (Å²) >= 11 is 0. The maximum Gasteiger partial charge on any atom is 0.251 e. The maximum atomic E-state index is 11.9. The number of carbonyl (C=O) groups is 1. The van der Waals surface area contributed by atoms with Crippen molar-refractivity contribution in [2.45, 2.75) is 12.6 Å². The van der Waals surface area contributed by atoms with Gasteiger partial charge in [-0.15, -0.1) is 0 Å². The molecule has 1 N–H and O–H groups in total. The Hall–Kier alpha value is -2.18. The lowest BCUT2D eigenvalue weighted by molar-refractivity contribution is 0.0877. The Bertz CT molecular complexity index is 711. The van der Waals surface area contributed by atoms with Crippen molar-refractivity contribution in [1.82, 2.24) is 24.7 Å². The van der Waals surface area contributed by atoms with Crippen molar-refractivity contribution in [2.24, 2.45) is 7.05 Å². The number of carbonyl (C=O) groups excluding carboxylic acids is 1. The van der Waals surface area contributed by atoms with Crippen molar-refractivity contribution >= 4 is 5.91 Å². The third-order valence-corrected chi connectivity index (χ3v) is 4.78. The van der Waals surface area contributed by atoms with E-state index < -0.39 is 0 Å².